The summed E-state index contributed by atoms with van der Waals surface area (Å²) in [5.74, 6) is 2.17. The Morgan fingerprint density at radius 2 is 1.61 bits per heavy atom. The van der Waals surface area contributed by atoms with Crippen LogP contribution in [0.15, 0.2) is 78.9 Å². The summed E-state index contributed by atoms with van der Waals surface area (Å²) in [5.41, 5.74) is 3.63. The van der Waals surface area contributed by atoms with Crippen molar-refractivity contribution in [1.29, 1.82) is 0 Å². The Bertz CT molecular complexity index is 957. The lowest BCUT2D eigenvalue weighted by Crippen LogP contribution is -2.46. The Hall–Kier alpha value is -2.86. The van der Waals surface area contributed by atoms with Gasteiger partial charge in [0.15, 0.2) is 0 Å². The van der Waals surface area contributed by atoms with Crippen molar-refractivity contribution in [3.63, 3.8) is 0 Å². The van der Waals surface area contributed by atoms with Gasteiger partial charge in [-0.15, -0.1) is 0 Å². The summed E-state index contributed by atoms with van der Waals surface area (Å²) in [7, 11) is 3.37. The van der Waals surface area contributed by atoms with Gasteiger partial charge in [-0.3, -0.25) is 0 Å². The fourth-order valence-electron chi connectivity index (χ4n) is 5.08. The van der Waals surface area contributed by atoms with Crippen molar-refractivity contribution < 1.29 is 14.6 Å². The van der Waals surface area contributed by atoms with Gasteiger partial charge in [-0.2, -0.15) is 0 Å². The Labute approximate surface area is 196 Å². The molecule has 0 amide bonds. The molecule has 1 heterocycles. The molecule has 0 radical (unpaired) electrons. The first-order chi connectivity index (χ1) is 16.2. The van der Waals surface area contributed by atoms with Gasteiger partial charge in [0, 0.05) is 36.7 Å². The third kappa shape index (κ3) is 5.38. The molecule has 1 saturated heterocycles. The van der Waals surface area contributed by atoms with Crippen LogP contribution in [0.25, 0.3) is 0 Å². The predicted molar refractivity (Wildman–Crippen MR) is 132 cm³/mol. The van der Waals surface area contributed by atoms with Gasteiger partial charge in [-0.25, -0.2) is 0 Å². The van der Waals surface area contributed by atoms with Crippen LogP contribution in [0, 0.1) is 5.92 Å². The molecular weight excluding hydrogens is 412 g/mol. The zero-order valence-electron chi connectivity index (χ0n) is 19.4. The molecule has 3 N–H and O–H groups in total. The highest BCUT2D eigenvalue weighted by Crippen LogP contribution is 2.35. The van der Waals surface area contributed by atoms with Crippen LogP contribution < -0.4 is 20.1 Å². The maximum atomic E-state index is 9.75. The molecule has 0 aromatic heterocycles. The lowest BCUT2D eigenvalue weighted by Gasteiger charge is -2.32. The van der Waals surface area contributed by atoms with E-state index >= 15 is 0 Å². The predicted octanol–water partition coefficient (Wildman–Crippen LogP) is 3.96. The molecule has 0 spiro atoms. The van der Waals surface area contributed by atoms with Crippen molar-refractivity contribution in [2.45, 2.75) is 31.0 Å². The molecule has 0 aliphatic carbocycles. The SMILES string of the molecule is COc1ccc(OC)c(CNC2C(CCO)CNC2C(c2ccccc2)c2ccccc2)c1. The third-order valence-electron chi connectivity index (χ3n) is 6.70. The van der Waals surface area contributed by atoms with E-state index in [9.17, 15) is 5.11 Å². The largest absolute Gasteiger partial charge is 0.497 e. The molecule has 5 nitrogen and oxygen atoms in total. The molecule has 4 rings (SSSR count). The zero-order chi connectivity index (χ0) is 23.0. The summed E-state index contributed by atoms with van der Waals surface area (Å²) in [6.07, 6.45) is 0.757. The molecule has 0 bridgehead atoms. The molecule has 3 aromatic rings. The van der Waals surface area contributed by atoms with Crippen molar-refractivity contribution in [2.24, 2.45) is 5.92 Å². The van der Waals surface area contributed by atoms with E-state index in [0.29, 0.717) is 12.5 Å². The summed E-state index contributed by atoms with van der Waals surface area (Å²) in [5, 5.41) is 17.4. The quantitative estimate of drug-likeness (QED) is 0.440. The summed E-state index contributed by atoms with van der Waals surface area (Å²) in [6, 6.07) is 27.6. The highest BCUT2D eigenvalue weighted by molar-refractivity contribution is 5.40. The standard InChI is InChI=1S/C28H34N2O3/c1-32-24-13-14-25(33-2)23(17-24)19-29-27-22(15-16-31)18-30-28(27)26(20-9-5-3-6-10-20)21-11-7-4-8-12-21/h3-14,17,22,26-31H,15-16,18-19H2,1-2H3. The number of ether oxygens (including phenoxy) is 2. The summed E-state index contributed by atoms with van der Waals surface area (Å²) in [6.45, 7) is 1.71. The normalized spacial score (nSPS) is 20.2. The van der Waals surface area contributed by atoms with Crippen LogP contribution in [0.4, 0.5) is 0 Å². The second kappa shape index (κ2) is 11.3. The maximum Gasteiger partial charge on any atom is 0.123 e. The molecule has 3 aromatic carbocycles. The minimum atomic E-state index is 0.179. The van der Waals surface area contributed by atoms with Crippen LogP contribution >= 0.6 is 0 Å². The van der Waals surface area contributed by atoms with Crippen LogP contribution in [0.2, 0.25) is 0 Å². The molecule has 1 fully saturated rings. The first-order valence-corrected chi connectivity index (χ1v) is 11.6. The Balaban J connectivity index is 1.65. The van der Waals surface area contributed by atoms with E-state index in [4.69, 9.17) is 9.47 Å². The maximum absolute atomic E-state index is 9.75. The Morgan fingerprint density at radius 3 is 2.18 bits per heavy atom. The highest BCUT2D eigenvalue weighted by atomic mass is 16.5. The van der Waals surface area contributed by atoms with E-state index in [1.807, 2.05) is 18.2 Å². The number of benzene rings is 3. The van der Waals surface area contributed by atoms with E-state index in [0.717, 1.165) is 30.0 Å². The van der Waals surface area contributed by atoms with Gasteiger partial charge in [0.05, 0.1) is 14.2 Å². The molecule has 5 heteroatoms. The van der Waals surface area contributed by atoms with E-state index < -0.39 is 0 Å². The molecule has 33 heavy (non-hydrogen) atoms. The molecule has 0 saturated carbocycles. The minimum Gasteiger partial charge on any atom is -0.497 e. The molecular formula is C28H34N2O3. The van der Waals surface area contributed by atoms with E-state index in [1.165, 1.54) is 11.1 Å². The Morgan fingerprint density at radius 1 is 0.939 bits per heavy atom. The number of aliphatic hydroxyl groups is 1. The third-order valence-corrected chi connectivity index (χ3v) is 6.70. The lowest BCUT2D eigenvalue weighted by atomic mass is 9.80. The van der Waals surface area contributed by atoms with Gasteiger partial charge >= 0.3 is 0 Å². The van der Waals surface area contributed by atoms with Gasteiger partial charge in [0.1, 0.15) is 11.5 Å². The number of hydrogen-bond donors (Lipinski definition) is 3. The fraction of sp³-hybridized carbons (Fsp3) is 0.357. The minimum absolute atomic E-state index is 0.179. The highest BCUT2D eigenvalue weighted by Gasteiger charge is 2.40. The first kappa shape index (κ1) is 23.3. The van der Waals surface area contributed by atoms with Crippen LogP contribution in [0.5, 0.6) is 11.5 Å². The second-order valence-electron chi connectivity index (χ2n) is 8.59. The van der Waals surface area contributed by atoms with Gasteiger partial charge in [0.25, 0.3) is 0 Å². The first-order valence-electron chi connectivity index (χ1n) is 11.6. The number of aliphatic hydroxyl groups excluding tert-OH is 1. The summed E-state index contributed by atoms with van der Waals surface area (Å²) in [4.78, 5) is 0. The lowest BCUT2D eigenvalue weighted by molar-refractivity contribution is 0.241. The second-order valence-corrected chi connectivity index (χ2v) is 8.59. The summed E-state index contributed by atoms with van der Waals surface area (Å²) < 4.78 is 11.0. The van der Waals surface area contributed by atoms with Crippen LogP contribution in [0.1, 0.15) is 29.0 Å². The molecule has 174 valence electrons. The van der Waals surface area contributed by atoms with Gasteiger partial charge in [-0.1, -0.05) is 60.7 Å². The van der Waals surface area contributed by atoms with Crippen molar-refractivity contribution in [3.05, 3.63) is 95.6 Å². The molecule has 3 atom stereocenters. The Kier molecular flexibility index (Phi) is 8.00. The average Bonchev–Trinajstić information content (AvgIpc) is 3.26. The number of hydrogen-bond acceptors (Lipinski definition) is 5. The zero-order valence-corrected chi connectivity index (χ0v) is 19.4. The smallest absolute Gasteiger partial charge is 0.123 e. The molecule has 3 unspecified atom stereocenters. The van der Waals surface area contributed by atoms with Crippen LogP contribution in [0.3, 0.4) is 0 Å². The summed E-state index contributed by atoms with van der Waals surface area (Å²) >= 11 is 0. The van der Waals surface area contributed by atoms with Crippen molar-refractivity contribution in [2.75, 3.05) is 27.4 Å². The van der Waals surface area contributed by atoms with Crippen LogP contribution in [-0.4, -0.2) is 44.6 Å². The number of nitrogens with one attached hydrogen (secondary N) is 2. The van der Waals surface area contributed by atoms with Gasteiger partial charge in [-0.05, 0) is 48.2 Å². The topological polar surface area (TPSA) is 62.8 Å². The molecule has 1 aliphatic heterocycles. The number of methoxy groups -OCH3 is 2. The van der Waals surface area contributed by atoms with E-state index in [-0.39, 0.29) is 24.6 Å². The fourth-order valence-corrected chi connectivity index (χ4v) is 5.08. The van der Waals surface area contributed by atoms with Gasteiger partial charge in [0.2, 0.25) is 0 Å². The average molecular weight is 447 g/mol. The van der Waals surface area contributed by atoms with Crippen molar-refractivity contribution >= 4 is 0 Å². The molecule has 1 aliphatic rings. The van der Waals surface area contributed by atoms with Crippen LogP contribution in [-0.2, 0) is 6.54 Å². The van der Waals surface area contributed by atoms with Gasteiger partial charge < -0.3 is 25.2 Å². The van der Waals surface area contributed by atoms with Crippen molar-refractivity contribution in [3.8, 4) is 11.5 Å². The van der Waals surface area contributed by atoms with E-state index in [2.05, 4.69) is 71.3 Å². The van der Waals surface area contributed by atoms with Crippen molar-refractivity contribution in [1.82, 2.24) is 10.6 Å². The monoisotopic (exact) mass is 446 g/mol. The van der Waals surface area contributed by atoms with E-state index in [1.54, 1.807) is 14.2 Å². The number of rotatable bonds is 10.